The molecule has 122 valence electrons. The molecule has 0 saturated heterocycles. The van der Waals surface area contributed by atoms with Gasteiger partial charge in [-0.25, -0.2) is 4.98 Å². The Hall–Kier alpha value is -2.03. The van der Waals surface area contributed by atoms with Crippen molar-refractivity contribution in [2.45, 2.75) is 12.6 Å². The number of para-hydroxylation sites is 2. The topological polar surface area (TPSA) is 52.3 Å². The van der Waals surface area contributed by atoms with E-state index in [2.05, 4.69) is 15.2 Å². The van der Waals surface area contributed by atoms with Crippen LogP contribution in [0.2, 0.25) is 0 Å². The van der Waals surface area contributed by atoms with Crippen LogP contribution >= 0.6 is 11.8 Å². The predicted molar refractivity (Wildman–Crippen MR) is 81.8 cm³/mol. The summed E-state index contributed by atoms with van der Waals surface area (Å²) in [4.78, 5) is 4.28. The Morgan fingerprint density at radius 3 is 2.74 bits per heavy atom. The van der Waals surface area contributed by atoms with Crippen molar-refractivity contribution in [2.75, 3.05) is 18.6 Å². The standard InChI is InChI=1S/C14H13F3N4OS/c1-23-8-4-7-22-12-11-19-20-13(14(15,16)17)21(11)10-6-3-2-5-9(10)18-12/h2-3,5-6H,4,7-8H2,1H3. The molecule has 0 bridgehead atoms. The molecular weight excluding hydrogens is 329 g/mol. The Morgan fingerprint density at radius 2 is 2.00 bits per heavy atom. The third-order valence-electron chi connectivity index (χ3n) is 3.18. The second-order valence-corrected chi connectivity index (χ2v) is 5.77. The molecule has 9 heteroatoms. The molecule has 0 radical (unpaired) electrons. The molecule has 0 aliphatic rings. The number of hydrogen-bond acceptors (Lipinski definition) is 5. The van der Waals surface area contributed by atoms with Gasteiger partial charge in [0, 0.05) is 0 Å². The lowest BCUT2D eigenvalue weighted by molar-refractivity contribution is -0.145. The molecule has 0 atom stereocenters. The minimum Gasteiger partial charge on any atom is -0.475 e. The van der Waals surface area contributed by atoms with E-state index in [1.165, 1.54) is 0 Å². The van der Waals surface area contributed by atoms with Crippen molar-refractivity contribution in [1.82, 2.24) is 19.6 Å². The van der Waals surface area contributed by atoms with E-state index >= 15 is 0 Å². The van der Waals surface area contributed by atoms with E-state index in [1.807, 2.05) is 6.26 Å². The van der Waals surface area contributed by atoms with Gasteiger partial charge in [0.2, 0.25) is 11.5 Å². The lowest BCUT2D eigenvalue weighted by Gasteiger charge is -2.10. The fourth-order valence-electron chi connectivity index (χ4n) is 2.21. The molecule has 0 N–H and O–H groups in total. The molecule has 0 amide bonds. The Balaban J connectivity index is 2.15. The molecular formula is C14H13F3N4OS. The van der Waals surface area contributed by atoms with Gasteiger partial charge in [0.15, 0.2) is 0 Å². The monoisotopic (exact) mass is 342 g/mol. The van der Waals surface area contributed by atoms with Gasteiger partial charge in [0.05, 0.1) is 17.6 Å². The minimum atomic E-state index is -4.61. The van der Waals surface area contributed by atoms with E-state index in [-0.39, 0.29) is 17.0 Å². The number of fused-ring (bicyclic) bond motifs is 3. The van der Waals surface area contributed by atoms with Gasteiger partial charge in [-0.2, -0.15) is 24.9 Å². The summed E-state index contributed by atoms with van der Waals surface area (Å²) in [5.74, 6) is -0.127. The Morgan fingerprint density at radius 1 is 1.22 bits per heavy atom. The second kappa shape index (κ2) is 6.23. The molecule has 0 fully saturated rings. The minimum absolute atomic E-state index is 0.0276. The van der Waals surface area contributed by atoms with Crippen LogP contribution < -0.4 is 4.74 Å². The van der Waals surface area contributed by atoms with Crippen molar-refractivity contribution >= 4 is 28.4 Å². The Bertz CT molecular complexity index is 834. The van der Waals surface area contributed by atoms with Gasteiger partial charge in [-0.15, -0.1) is 10.2 Å². The van der Waals surface area contributed by atoms with Crippen LogP contribution in [0.1, 0.15) is 12.2 Å². The van der Waals surface area contributed by atoms with Gasteiger partial charge in [-0.1, -0.05) is 12.1 Å². The average molecular weight is 342 g/mol. The molecule has 0 aliphatic carbocycles. The first kappa shape index (κ1) is 15.9. The Kier molecular flexibility index (Phi) is 4.29. The summed E-state index contributed by atoms with van der Waals surface area (Å²) in [6.07, 6.45) is -1.87. The van der Waals surface area contributed by atoms with Gasteiger partial charge >= 0.3 is 6.18 Å². The van der Waals surface area contributed by atoms with Crippen LogP contribution in [0, 0.1) is 0 Å². The molecule has 1 aromatic carbocycles. The first-order chi connectivity index (χ1) is 11.0. The number of aromatic nitrogens is 4. The second-order valence-electron chi connectivity index (χ2n) is 4.78. The number of rotatable bonds is 5. The van der Waals surface area contributed by atoms with Crippen molar-refractivity contribution in [1.29, 1.82) is 0 Å². The largest absolute Gasteiger partial charge is 0.475 e. The summed E-state index contributed by atoms with van der Waals surface area (Å²) in [5.41, 5.74) is 0.654. The zero-order chi connectivity index (χ0) is 16.4. The molecule has 0 unspecified atom stereocenters. The summed E-state index contributed by atoms with van der Waals surface area (Å²) in [6, 6.07) is 6.52. The lowest BCUT2D eigenvalue weighted by Crippen LogP contribution is -2.12. The number of thioether (sulfide) groups is 1. The number of ether oxygens (including phenoxy) is 1. The van der Waals surface area contributed by atoms with Gasteiger partial charge in [0.25, 0.3) is 5.88 Å². The molecule has 5 nitrogen and oxygen atoms in total. The molecule has 3 aromatic rings. The fraction of sp³-hybridized carbons (Fsp3) is 0.357. The van der Waals surface area contributed by atoms with Crippen LogP contribution in [-0.4, -0.2) is 38.2 Å². The maximum atomic E-state index is 13.2. The number of benzene rings is 1. The third kappa shape index (κ3) is 3.05. The van der Waals surface area contributed by atoms with E-state index in [0.717, 1.165) is 16.6 Å². The van der Waals surface area contributed by atoms with Crippen molar-refractivity contribution in [3.05, 3.63) is 30.1 Å². The molecule has 0 spiro atoms. The van der Waals surface area contributed by atoms with Crippen LogP contribution in [0.5, 0.6) is 5.88 Å². The number of halogens is 3. The van der Waals surface area contributed by atoms with E-state index in [9.17, 15) is 13.2 Å². The smallest absolute Gasteiger partial charge is 0.452 e. The molecule has 0 aliphatic heterocycles. The quantitative estimate of drug-likeness (QED) is 0.665. The van der Waals surface area contributed by atoms with Gasteiger partial charge in [0.1, 0.15) is 0 Å². The van der Waals surface area contributed by atoms with Gasteiger partial charge in [-0.3, -0.25) is 4.40 Å². The van der Waals surface area contributed by atoms with E-state index in [4.69, 9.17) is 4.74 Å². The van der Waals surface area contributed by atoms with Crippen LogP contribution in [0.15, 0.2) is 24.3 Å². The fourth-order valence-corrected chi connectivity index (χ4v) is 2.62. The number of alkyl halides is 3. The lowest BCUT2D eigenvalue weighted by atomic mass is 10.3. The van der Waals surface area contributed by atoms with Crippen LogP contribution in [0.4, 0.5) is 13.2 Å². The normalized spacial score (nSPS) is 12.2. The number of nitrogens with zero attached hydrogens (tertiary/aromatic N) is 4. The zero-order valence-corrected chi connectivity index (χ0v) is 13.0. The highest BCUT2D eigenvalue weighted by molar-refractivity contribution is 7.98. The molecule has 3 rings (SSSR count). The first-order valence-electron chi connectivity index (χ1n) is 6.85. The summed E-state index contributed by atoms with van der Waals surface area (Å²) in [6.45, 7) is 0.357. The maximum Gasteiger partial charge on any atom is 0.452 e. The van der Waals surface area contributed by atoms with Crippen molar-refractivity contribution in [2.24, 2.45) is 0 Å². The summed E-state index contributed by atoms with van der Waals surface area (Å²) < 4.78 is 46.0. The van der Waals surface area contributed by atoms with Crippen LogP contribution in [-0.2, 0) is 6.18 Å². The Labute approximate surface area is 133 Å². The molecule has 2 aromatic heterocycles. The van der Waals surface area contributed by atoms with Gasteiger partial charge in [-0.05, 0) is 30.6 Å². The summed E-state index contributed by atoms with van der Waals surface area (Å²) in [5, 5.41) is 6.92. The average Bonchev–Trinajstić information content (AvgIpc) is 2.97. The molecule has 0 saturated carbocycles. The highest BCUT2D eigenvalue weighted by Crippen LogP contribution is 2.32. The summed E-state index contributed by atoms with van der Waals surface area (Å²) >= 11 is 1.67. The highest BCUT2D eigenvalue weighted by Gasteiger charge is 2.38. The van der Waals surface area contributed by atoms with Crippen molar-refractivity contribution in [3.63, 3.8) is 0 Å². The molecule has 23 heavy (non-hydrogen) atoms. The third-order valence-corrected chi connectivity index (χ3v) is 3.88. The number of hydrogen-bond donors (Lipinski definition) is 0. The van der Waals surface area contributed by atoms with Gasteiger partial charge < -0.3 is 4.74 Å². The van der Waals surface area contributed by atoms with E-state index < -0.39 is 12.0 Å². The van der Waals surface area contributed by atoms with Crippen LogP contribution in [0.3, 0.4) is 0 Å². The van der Waals surface area contributed by atoms with Crippen LogP contribution in [0.25, 0.3) is 16.7 Å². The SMILES string of the molecule is CSCCCOc1nc2ccccc2n2c(C(F)(F)F)nnc12. The molecule has 2 heterocycles. The van der Waals surface area contributed by atoms with Crippen molar-refractivity contribution in [3.8, 4) is 5.88 Å². The van der Waals surface area contributed by atoms with E-state index in [0.29, 0.717) is 12.1 Å². The maximum absolute atomic E-state index is 13.2. The van der Waals surface area contributed by atoms with Crippen molar-refractivity contribution < 1.29 is 17.9 Å². The highest BCUT2D eigenvalue weighted by atomic mass is 32.2. The first-order valence-corrected chi connectivity index (χ1v) is 8.24. The predicted octanol–water partition coefficient (Wildman–Crippen LogP) is 3.43. The van der Waals surface area contributed by atoms with E-state index in [1.54, 1.807) is 36.0 Å². The zero-order valence-electron chi connectivity index (χ0n) is 12.2. The summed E-state index contributed by atoms with van der Waals surface area (Å²) in [7, 11) is 0.